The van der Waals surface area contributed by atoms with Crippen LogP contribution in [-0.4, -0.2) is 59.3 Å². The Kier molecular flexibility index (Phi) is 4.72. The fourth-order valence-corrected chi connectivity index (χ4v) is 2.80. The van der Waals surface area contributed by atoms with Gasteiger partial charge >= 0.3 is 6.09 Å². The maximum atomic E-state index is 11.2. The average molecular weight is 314 g/mol. The zero-order valence-electron chi connectivity index (χ0n) is 12.4. The normalized spacial score (nSPS) is 22.0. The van der Waals surface area contributed by atoms with Gasteiger partial charge in [0.1, 0.15) is 11.0 Å². The van der Waals surface area contributed by atoms with Gasteiger partial charge in [0.05, 0.1) is 6.04 Å². The molecule has 0 aromatic carbocycles. The monoisotopic (exact) mass is 313 g/mol. The highest BCUT2D eigenvalue weighted by Gasteiger charge is 2.30. The predicted octanol–water partition coefficient (Wildman–Crippen LogP) is 2.00. The number of hydrogen-bond donors (Lipinski definition) is 2. The van der Waals surface area contributed by atoms with Crippen molar-refractivity contribution in [3.8, 4) is 0 Å². The second-order valence-corrected chi connectivity index (χ2v) is 5.80. The lowest BCUT2D eigenvalue weighted by atomic mass is 9.95. The second-order valence-electron chi connectivity index (χ2n) is 5.42. The smallest absolute Gasteiger partial charge is 0.407 e. The highest BCUT2D eigenvalue weighted by Crippen LogP contribution is 2.26. The van der Waals surface area contributed by atoms with E-state index in [1.54, 1.807) is 20.2 Å². The van der Waals surface area contributed by atoms with Crippen molar-refractivity contribution in [3.05, 3.63) is 11.2 Å². The van der Waals surface area contributed by atoms with Gasteiger partial charge in [0.15, 0.2) is 0 Å². The van der Waals surface area contributed by atoms with Gasteiger partial charge in [-0.05, 0) is 12.3 Å². The van der Waals surface area contributed by atoms with Gasteiger partial charge in [0.2, 0.25) is 5.95 Å². The summed E-state index contributed by atoms with van der Waals surface area (Å²) in [4.78, 5) is 23.0. The van der Waals surface area contributed by atoms with E-state index in [2.05, 4.69) is 27.1 Å². The summed E-state index contributed by atoms with van der Waals surface area (Å²) in [5.74, 6) is 1.55. The van der Waals surface area contributed by atoms with E-state index in [9.17, 15) is 4.79 Å². The molecule has 1 aromatic rings. The minimum Gasteiger partial charge on any atom is -0.465 e. The largest absolute Gasteiger partial charge is 0.465 e. The molecule has 116 valence electrons. The predicted molar refractivity (Wildman–Crippen MR) is 82.2 cm³/mol. The lowest BCUT2D eigenvalue weighted by Crippen LogP contribution is -2.51. The number of rotatable bonds is 3. The van der Waals surface area contributed by atoms with Gasteiger partial charge in [-0.15, -0.1) is 0 Å². The Balaban J connectivity index is 2.22. The third-order valence-corrected chi connectivity index (χ3v) is 3.91. The number of carboxylic acid groups (broad SMARTS) is 1. The summed E-state index contributed by atoms with van der Waals surface area (Å²) in [6, 6.07) is 1.65. The summed E-state index contributed by atoms with van der Waals surface area (Å²) in [6.07, 6.45) is -0.0672. The van der Waals surface area contributed by atoms with E-state index in [-0.39, 0.29) is 6.04 Å². The molecule has 0 unspecified atom stereocenters. The molecule has 0 spiro atoms. The third kappa shape index (κ3) is 3.66. The molecule has 0 radical (unpaired) electrons. The molecule has 1 fully saturated rings. The SMILES string of the molecule is CNc1nc(Cl)cc(N2C[C@H](C)C[C@@H](N(C)C(=O)O)C2)n1. The van der Waals surface area contributed by atoms with Crippen molar-refractivity contribution in [2.75, 3.05) is 37.4 Å². The lowest BCUT2D eigenvalue weighted by Gasteiger charge is -2.40. The Morgan fingerprint density at radius 1 is 1.52 bits per heavy atom. The first-order chi connectivity index (χ1) is 9.90. The van der Waals surface area contributed by atoms with E-state index in [1.807, 2.05) is 0 Å². The summed E-state index contributed by atoms with van der Waals surface area (Å²) in [7, 11) is 3.34. The van der Waals surface area contributed by atoms with Crippen molar-refractivity contribution < 1.29 is 9.90 Å². The van der Waals surface area contributed by atoms with E-state index in [4.69, 9.17) is 16.7 Å². The Morgan fingerprint density at radius 3 is 2.86 bits per heavy atom. The van der Waals surface area contributed by atoms with E-state index in [0.717, 1.165) is 18.8 Å². The molecule has 1 amide bonds. The molecule has 2 rings (SSSR count). The fraction of sp³-hybridized carbons (Fsp3) is 0.615. The standard InChI is InChI=1S/C13H20ClN5O2/c1-8-4-9(18(3)13(20)21)7-19(6-8)11-5-10(14)16-12(15-2)17-11/h5,8-9H,4,6-7H2,1-3H3,(H,20,21)(H,15,16,17)/t8-,9-/m1/s1. The topological polar surface area (TPSA) is 81.6 Å². The molecular formula is C13H20ClN5O2. The van der Waals surface area contributed by atoms with Crippen LogP contribution in [0.15, 0.2) is 6.07 Å². The molecule has 1 aliphatic rings. The summed E-state index contributed by atoms with van der Waals surface area (Å²) < 4.78 is 0. The van der Waals surface area contributed by atoms with Crippen molar-refractivity contribution in [3.63, 3.8) is 0 Å². The highest BCUT2D eigenvalue weighted by atomic mass is 35.5. The molecule has 8 heteroatoms. The molecule has 2 atom stereocenters. The Morgan fingerprint density at radius 2 is 2.24 bits per heavy atom. The summed E-state index contributed by atoms with van der Waals surface area (Å²) in [5.41, 5.74) is 0. The maximum absolute atomic E-state index is 11.2. The summed E-state index contributed by atoms with van der Waals surface area (Å²) in [5, 5.41) is 12.4. The number of nitrogens with zero attached hydrogens (tertiary/aromatic N) is 4. The maximum Gasteiger partial charge on any atom is 0.407 e. The van der Waals surface area contributed by atoms with Crippen molar-refractivity contribution in [2.24, 2.45) is 5.92 Å². The number of anilines is 2. The van der Waals surface area contributed by atoms with Gasteiger partial charge in [-0.3, -0.25) is 0 Å². The number of amides is 1. The Labute approximate surface area is 128 Å². The van der Waals surface area contributed by atoms with Gasteiger partial charge in [-0.1, -0.05) is 18.5 Å². The Hall–Kier alpha value is -1.76. The van der Waals surface area contributed by atoms with Crippen molar-refractivity contribution in [2.45, 2.75) is 19.4 Å². The minimum absolute atomic E-state index is 0.0574. The van der Waals surface area contributed by atoms with E-state index in [1.165, 1.54) is 4.90 Å². The van der Waals surface area contributed by atoms with Crippen molar-refractivity contribution >= 4 is 29.5 Å². The quantitative estimate of drug-likeness (QED) is 0.831. The van der Waals surface area contributed by atoms with Crippen LogP contribution in [0.3, 0.4) is 0 Å². The number of aromatic nitrogens is 2. The minimum atomic E-state index is -0.911. The van der Waals surface area contributed by atoms with E-state index < -0.39 is 6.09 Å². The number of hydrogen-bond acceptors (Lipinski definition) is 5. The zero-order valence-corrected chi connectivity index (χ0v) is 13.1. The summed E-state index contributed by atoms with van der Waals surface area (Å²) in [6.45, 7) is 3.53. The molecule has 1 aliphatic heterocycles. The zero-order chi connectivity index (χ0) is 15.6. The average Bonchev–Trinajstić information content (AvgIpc) is 2.44. The highest BCUT2D eigenvalue weighted by molar-refractivity contribution is 6.29. The summed E-state index contributed by atoms with van der Waals surface area (Å²) >= 11 is 6.01. The number of nitrogens with one attached hydrogen (secondary N) is 1. The molecular weight excluding hydrogens is 294 g/mol. The van der Waals surface area contributed by atoms with Crippen LogP contribution in [0.4, 0.5) is 16.6 Å². The Bertz CT molecular complexity index is 527. The first-order valence-corrected chi connectivity index (χ1v) is 7.21. The lowest BCUT2D eigenvalue weighted by molar-refractivity contribution is 0.127. The van der Waals surface area contributed by atoms with Crippen LogP contribution >= 0.6 is 11.6 Å². The van der Waals surface area contributed by atoms with Crippen LogP contribution in [0.1, 0.15) is 13.3 Å². The third-order valence-electron chi connectivity index (χ3n) is 3.72. The molecule has 0 saturated carbocycles. The van der Waals surface area contributed by atoms with E-state index >= 15 is 0 Å². The van der Waals surface area contributed by atoms with Gasteiger partial charge in [-0.2, -0.15) is 4.98 Å². The molecule has 2 heterocycles. The van der Waals surface area contributed by atoms with Gasteiger partial charge < -0.3 is 20.2 Å². The van der Waals surface area contributed by atoms with Crippen LogP contribution in [0.25, 0.3) is 0 Å². The van der Waals surface area contributed by atoms with Crippen LogP contribution < -0.4 is 10.2 Å². The van der Waals surface area contributed by atoms with Crippen molar-refractivity contribution in [1.29, 1.82) is 0 Å². The molecule has 1 saturated heterocycles. The van der Waals surface area contributed by atoms with Crippen LogP contribution in [0, 0.1) is 5.92 Å². The first kappa shape index (κ1) is 15.6. The first-order valence-electron chi connectivity index (χ1n) is 6.83. The second kappa shape index (κ2) is 6.34. The van der Waals surface area contributed by atoms with Crippen molar-refractivity contribution in [1.82, 2.24) is 14.9 Å². The van der Waals surface area contributed by atoms with Crippen LogP contribution in [0.5, 0.6) is 0 Å². The molecule has 2 N–H and O–H groups in total. The molecule has 7 nitrogen and oxygen atoms in total. The fourth-order valence-electron chi connectivity index (χ4n) is 2.62. The molecule has 1 aromatic heterocycles. The van der Waals surface area contributed by atoms with Gasteiger partial charge in [0.25, 0.3) is 0 Å². The van der Waals surface area contributed by atoms with Crippen LogP contribution in [-0.2, 0) is 0 Å². The number of halogens is 1. The van der Waals surface area contributed by atoms with Gasteiger partial charge in [0, 0.05) is 33.3 Å². The number of piperidine rings is 1. The number of likely N-dealkylation sites (N-methyl/N-ethyl adjacent to an activating group) is 1. The van der Waals surface area contributed by atoms with Crippen LogP contribution in [0.2, 0.25) is 5.15 Å². The molecule has 0 aliphatic carbocycles. The van der Waals surface area contributed by atoms with E-state index in [0.29, 0.717) is 23.6 Å². The molecule has 0 bridgehead atoms. The number of carbonyl (C=O) groups is 1. The van der Waals surface area contributed by atoms with Gasteiger partial charge in [-0.25, -0.2) is 9.78 Å². The molecule has 21 heavy (non-hydrogen) atoms.